The van der Waals surface area contributed by atoms with Gasteiger partial charge in [0, 0.05) is 34.3 Å². The largest absolute Gasteiger partial charge is 0.493 e. The molecule has 1 N–H and O–H groups in total. The first-order valence-corrected chi connectivity index (χ1v) is 8.69. The molecule has 0 bridgehead atoms. The topological polar surface area (TPSA) is 43.4 Å². The third-order valence-electron chi connectivity index (χ3n) is 3.47. The van der Waals surface area contributed by atoms with Gasteiger partial charge >= 0.3 is 0 Å². The highest BCUT2D eigenvalue weighted by molar-refractivity contribution is 7.13. The molecule has 0 atom stereocenters. The smallest absolute Gasteiger partial charge is 0.182 e. The van der Waals surface area contributed by atoms with E-state index >= 15 is 0 Å². The minimum atomic E-state index is 0.379. The van der Waals surface area contributed by atoms with Gasteiger partial charge in [0.15, 0.2) is 16.6 Å². The lowest BCUT2D eigenvalue weighted by molar-refractivity contribution is 0.282. The van der Waals surface area contributed by atoms with Gasteiger partial charge in [-0.15, -0.1) is 11.3 Å². The number of nitrogens with one attached hydrogen (secondary N) is 1. The molecule has 3 aromatic rings. The summed E-state index contributed by atoms with van der Waals surface area (Å²) in [5, 5.41) is 6.78. The maximum atomic E-state index is 6.20. The molecule has 124 valence electrons. The summed E-state index contributed by atoms with van der Waals surface area (Å²) >= 11 is 7.76. The highest BCUT2D eigenvalue weighted by Gasteiger charge is 2.12. The van der Waals surface area contributed by atoms with Crippen LogP contribution < -0.4 is 14.8 Å². The number of anilines is 1. The van der Waals surface area contributed by atoms with E-state index in [2.05, 4.69) is 10.3 Å². The van der Waals surface area contributed by atoms with Crippen molar-refractivity contribution in [2.75, 3.05) is 12.4 Å². The monoisotopic (exact) mass is 360 g/mol. The second-order valence-electron chi connectivity index (χ2n) is 5.02. The molecule has 0 saturated heterocycles. The Labute approximate surface area is 150 Å². The van der Waals surface area contributed by atoms with Gasteiger partial charge < -0.3 is 14.8 Å². The number of methoxy groups -OCH3 is 1. The minimum absolute atomic E-state index is 0.379. The summed E-state index contributed by atoms with van der Waals surface area (Å²) < 4.78 is 11.5. The van der Waals surface area contributed by atoms with E-state index < -0.39 is 0 Å². The van der Waals surface area contributed by atoms with Crippen molar-refractivity contribution in [1.29, 1.82) is 0 Å². The Balaban J connectivity index is 1.78. The van der Waals surface area contributed by atoms with Gasteiger partial charge in [-0.2, -0.15) is 0 Å². The summed E-state index contributed by atoms with van der Waals surface area (Å²) in [7, 11) is 1.63. The predicted molar refractivity (Wildman–Crippen MR) is 98.2 cm³/mol. The van der Waals surface area contributed by atoms with Crippen molar-refractivity contribution < 1.29 is 9.47 Å². The molecule has 0 unspecified atom stereocenters. The molecule has 6 heteroatoms. The lowest BCUT2D eigenvalue weighted by Crippen LogP contribution is -2.05. The second-order valence-corrected chi connectivity index (χ2v) is 6.32. The van der Waals surface area contributed by atoms with Crippen LogP contribution >= 0.6 is 22.9 Å². The van der Waals surface area contributed by atoms with Crippen LogP contribution in [0.15, 0.2) is 54.0 Å². The van der Waals surface area contributed by atoms with Crippen molar-refractivity contribution >= 4 is 28.1 Å². The average molecular weight is 361 g/mol. The van der Waals surface area contributed by atoms with E-state index in [4.69, 9.17) is 21.1 Å². The van der Waals surface area contributed by atoms with Crippen LogP contribution in [0, 0.1) is 0 Å². The zero-order valence-corrected chi connectivity index (χ0v) is 14.7. The molecule has 3 rings (SSSR count). The zero-order chi connectivity index (χ0) is 16.8. The number of para-hydroxylation sites is 1. The molecule has 4 nitrogen and oxygen atoms in total. The van der Waals surface area contributed by atoms with Gasteiger partial charge in [0.2, 0.25) is 0 Å². The summed E-state index contributed by atoms with van der Waals surface area (Å²) in [6.45, 7) is 0.979. The standard InChI is InChI=1S/C18H17ClN2O2S/c1-22-16-8-4-6-13(11-21-18-20-9-10-24-18)17(16)23-12-14-5-2-3-7-15(14)19/h2-10H,11-12H2,1H3,(H,20,21). The van der Waals surface area contributed by atoms with Crippen molar-refractivity contribution in [3.63, 3.8) is 0 Å². The molecule has 0 aliphatic heterocycles. The van der Waals surface area contributed by atoms with Crippen LogP contribution in [0.2, 0.25) is 5.02 Å². The highest BCUT2D eigenvalue weighted by Crippen LogP contribution is 2.33. The van der Waals surface area contributed by atoms with Gasteiger partial charge in [-0.1, -0.05) is 41.9 Å². The van der Waals surface area contributed by atoms with E-state index in [-0.39, 0.29) is 0 Å². The van der Waals surface area contributed by atoms with Crippen LogP contribution in [-0.2, 0) is 13.2 Å². The van der Waals surface area contributed by atoms with Gasteiger partial charge in [-0.05, 0) is 12.1 Å². The summed E-state index contributed by atoms with van der Waals surface area (Å²) in [5.74, 6) is 1.41. The first kappa shape index (κ1) is 16.6. The molecular formula is C18H17ClN2O2S. The lowest BCUT2D eigenvalue weighted by atomic mass is 10.1. The fourth-order valence-corrected chi connectivity index (χ4v) is 2.99. The second kappa shape index (κ2) is 8.04. The van der Waals surface area contributed by atoms with Gasteiger partial charge in [0.05, 0.1) is 7.11 Å². The van der Waals surface area contributed by atoms with Crippen LogP contribution in [0.4, 0.5) is 5.13 Å². The van der Waals surface area contributed by atoms with Crippen LogP contribution in [0.1, 0.15) is 11.1 Å². The van der Waals surface area contributed by atoms with E-state index in [1.807, 2.05) is 47.8 Å². The Morgan fingerprint density at radius 1 is 1.12 bits per heavy atom. The minimum Gasteiger partial charge on any atom is -0.493 e. The molecule has 0 fully saturated rings. The molecule has 24 heavy (non-hydrogen) atoms. The molecule has 0 aliphatic carbocycles. The number of nitrogens with zero attached hydrogens (tertiary/aromatic N) is 1. The van der Waals surface area contributed by atoms with Crippen molar-refractivity contribution in [1.82, 2.24) is 4.98 Å². The first-order chi connectivity index (χ1) is 11.8. The number of hydrogen-bond donors (Lipinski definition) is 1. The van der Waals surface area contributed by atoms with Gasteiger partial charge in [-0.3, -0.25) is 0 Å². The number of benzene rings is 2. The van der Waals surface area contributed by atoms with Gasteiger partial charge in [0.1, 0.15) is 6.61 Å². The van der Waals surface area contributed by atoms with E-state index in [1.165, 1.54) is 0 Å². The lowest BCUT2D eigenvalue weighted by Gasteiger charge is -2.16. The first-order valence-electron chi connectivity index (χ1n) is 7.43. The number of aromatic nitrogens is 1. The SMILES string of the molecule is COc1cccc(CNc2nccs2)c1OCc1ccccc1Cl. The van der Waals surface area contributed by atoms with Gasteiger partial charge in [-0.25, -0.2) is 4.98 Å². The van der Waals surface area contributed by atoms with Gasteiger partial charge in [0.25, 0.3) is 0 Å². The molecule has 0 aliphatic rings. The summed E-state index contributed by atoms with van der Waals surface area (Å²) in [4.78, 5) is 4.23. The molecular weight excluding hydrogens is 344 g/mol. The number of hydrogen-bond acceptors (Lipinski definition) is 5. The number of halogens is 1. The summed E-state index contributed by atoms with van der Waals surface area (Å²) in [6, 6.07) is 13.5. The molecule has 0 spiro atoms. The maximum Gasteiger partial charge on any atom is 0.182 e. The molecule has 2 aromatic carbocycles. The number of ether oxygens (including phenoxy) is 2. The fourth-order valence-electron chi connectivity index (χ4n) is 2.27. The third kappa shape index (κ3) is 3.99. The third-order valence-corrected chi connectivity index (χ3v) is 4.57. The number of rotatable bonds is 7. The molecule has 0 saturated carbocycles. The molecule has 0 amide bonds. The molecule has 0 radical (unpaired) electrons. The number of thiazole rings is 1. The van der Waals surface area contributed by atoms with Crippen LogP contribution in [-0.4, -0.2) is 12.1 Å². The Kier molecular flexibility index (Phi) is 5.56. The van der Waals surface area contributed by atoms with Crippen molar-refractivity contribution in [3.8, 4) is 11.5 Å². The van der Waals surface area contributed by atoms with Crippen molar-refractivity contribution in [2.45, 2.75) is 13.2 Å². The van der Waals surface area contributed by atoms with Crippen molar-refractivity contribution in [3.05, 3.63) is 70.2 Å². The Hall–Kier alpha value is -2.24. The van der Waals surface area contributed by atoms with E-state index in [0.29, 0.717) is 29.7 Å². The quantitative estimate of drug-likeness (QED) is 0.644. The average Bonchev–Trinajstić information content (AvgIpc) is 3.13. The maximum absolute atomic E-state index is 6.20. The molecule has 1 aromatic heterocycles. The van der Waals surface area contributed by atoms with E-state index in [9.17, 15) is 0 Å². The Bertz CT molecular complexity index is 793. The van der Waals surface area contributed by atoms with E-state index in [0.717, 1.165) is 16.3 Å². The Morgan fingerprint density at radius 2 is 1.96 bits per heavy atom. The summed E-state index contributed by atoms with van der Waals surface area (Å²) in [6.07, 6.45) is 1.77. The normalized spacial score (nSPS) is 10.4. The Morgan fingerprint density at radius 3 is 2.71 bits per heavy atom. The van der Waals surface area contributed by atoms with Crippen LogP contribution in [0.3, 0.4) is 0 Å². The highest BCUT2D eigenvalue weighted by atomic mass is 35.5. The predicted octanol–water partition coefficient (Wildman–Crippen LogP) is 5.00. The summed E-state index contributed by atoms with van der Waals surface area (Å²) in [5.41, 5.74) is 1.93. The zero-order valence-electron chi connectivity index (χ0n) is 13.2. The van der Waals surface area contributed by atoms with Crippen LogP contribution in [0.5, 0.6) is 11.5 Å². The van der Waals surface area contributed by atoms with Crippen LogP contribution in [0.25, 0.3) is 0 Å². The molecule has 1 heterocycles. The fraction of sp³-hybridized carbons (Fsp3) is 0.167. The van der Waals surface area contributed by atoms with E-state index in [1.54, 1.807) is 24.6 Å². The van der Waals surface area contributed by atoms with Crippen molar-refractivity contribution in [2.24, 2.45) is 0 Å².